The van der Waals surface area contributed by atoms with Crippen LogP contribution in [-0.2, 0) is 9.53 Å². The summed E-state index contributed by atoms with van der Waals surface area (Å²) in [6, 6.07) is 15.1. The standard InChI is InChI=1S/C17H14N2O3/c1-21-13-9-5-2-6-10(13)16-15(20)14-17(22-16)19-12-8-4-3-7-11(12)18-14/h2-9,16,18-19H,1H3/t16-/m0/s1. The summed E-state index contributed by atoms with van der Waals surface area (Å²) in [5.41, 5.74) is 2.92. The Bertz CT molecular complexity index is 798. The van der Waals surface area contributed by atoms with E-state index >= 15 is 0 Å². The maximum atomic E-state index is 12.7. The highest BCUT2D eigenvalue weighted by atomic mass is 16.5. The molecule has 0 aliphatic carbocycles. The van der Waals surface area contributed by atoms with Gasteiger partial charge >= 0.3 is 0 Å². The maximum Gasteiger partial charge on any atom is 0.229 e. The van der Waals surface area contributed by atoms with E-state index in [0.29, 0.717) is 17.3 Å². The van der Waals surface area contributed by atoms with E-state index in [9.17, 15) is 4.79 Å². The highest BCUT2D eigenvalue weighted by Gasteiger charge is 2.40. The Morgan fingerprint density at radius 2 is 1.68 bits per heavy atom. The molecular weight excluding hydrogens is 280 g/mol. The Labute approximate surface area is 127 Å². The lowest BCUT2D eigenvalue weighted by molar-refractivity contribution is -0.121. The predicted octanol–water partition coefficient (Wildman–Crippen LogP) is 3.04. The van der Waals surface area contributed by atoms with Crippen molar-refractivity contribution in [2.24, 2.45) is 0 Å². The van der Waals surface area contributed by atoms with Gasteiger partial charge in [-0.25, -0.2) is 0 Å². The number of benzene rings is 2. The highest BCUT2D eigenvalue weighted by molar-refractivity contribution is 6.06. The summed E-state index contributed by atoms with van der Waals surface area (Å²) >= 11 is 0. The first-order valence-corrected chi connectivity index (χ1v) is 6.99. The van der Waals surface area contributed by atoms with Crippen LogP contribution < -0.4 is 15.4 Å². The molecule has 1 atom stereocenters. The number of hydrogen-bond donors (Lipinski definition) is 2. The van der Waals surface area contributed by atoms with Gasteiger partial charge in [0.1, 0.15) is 11.4 Å². The van der Waals surface area contributed by atoms with Crippen LogP contribution >= 0.6 is 0 Å². The van der Waals surface area contributed by atoms with E-state index in [1.807, 2.05) is 48.5 Å². The molecule has 0 spiro atoms. The van der Waals surface area contributed by atoms with Crippen molar-refractivity contribution >= 4 is 17.2 Å². The van der Waals surface area contributed by atoms with Crippen LogP contribution in [0.15, 0.2) is 60.1 Å². The third-order valence-electron chi connectivity index (χ3n) is 3.80. The van der Waals surface area contributed by atoms with Crippen LogP contribution in [0.4, 0.5) is 11.4 Å². The number of para-hydroxylation sites is 3. The molecule has 22 heavy (non-hydrogen) atoms. The Balaban J connectivity index is 1.69. The number of methoxy groups -OCH3 is 1. The van der Waals surface area contributed by atoms with Gasteiger partial charge in [-0.2, -0.15) is 0 Å². The molecule has 2 aliphatic heterocycles. The zero-order valence-electron chi connectivity index (χ0n) is 11.9. The molecule has 0 amide bonds. The summed E-state index contributed by atoms with van der Waals surface area (Å²) in [6.45, 7) is 0. The first-order chi connectivity index (χ1) is 10.8. The molecule has 0 fully saturated rings. The van der Waals surface area contributed by atoms with Gasteiger partial charge in [-0.05, 0) is 18.2 Å². The van der Waals surface area contributed by atoms with Crippen molar-refractivity contribution in [1.29, 1.82) is 0 Å². The summed E-state index contributed by atoms with van der Waals surface area (Å²) in [6.07, 6.45) is -0.699. The average Bonchev–Trinajstić information content (AvgIpc) is 2.89. The van der Waals surface area contributed by atoms with Crippen LogP contribution in [0.3, 0.4) is 0 Å². The van der Waals surface area contributed by atoms with Gasteiger partial charge in [-0.1, -0.05) is 30.3 Å². The quantitative estimate of drug-likeness (QED) is 0.891. The van der Waals surface area contributed by atoms with Gasteiger partial charge in [-0.15, -0.1) is 0 Å². The second-order valence-corrected chi connectivity index (χ2v) is 5.10. The maximum absolute atomic E-state index is 12.7. The molecule has 0 radical (unpaired) electrons. The van der Waals surface area contributed by atoms with E-state index in [2.05, 4.69) is 10.6 Å². The molecule has 0 unspecified atom stereocenters. The van der Waals surface area contributed by atoms with Crippen molar-refractivity contribution in [2.45, 2.75) is 6.10 Å². The number of Topliss-reactive ketones (excluding diaryl/α,β-unsaturated/α-hetero) is 1. The largest absolute Gasteiger partial charge is 0.496 e. The first kappa shape index (κ1) is 12.8. The molecule has 2 aromatic rings. The molecule has 5 heteroatoms. The SMILES string of the molecule is COc1ccccc1[C@@H]1OC2=C(Nc3ccccc3N2)C1=O. The lowest BCUT2D eigenvalue weighted by Gasteiger charge is -2.19. The molecule has 2 N–H and O–H groups in total. The van der Waals surface area contributed by atoms with E-state index in [1.54, 1.807) is 7.11 Å². The number of ether oxygens (including phenoxy) is 2. The molecule has 0 aromatic heterocycles. The number of hydrogen-bond acceptors (Lipinski definition) is 5. The van der Waals surface area contributed by atoms with Gasteiger partial charge in [-0.3, -0.25) is 4.79 Å². The van der Waals surface area contributed by atoms with Crippen LogP contribution in [0, 0.1) is 0 Å². The molecule has 0 saturated carbocycles. The molecule has 0 saturated heterocycles. The van der Waals surface area contributed by atoms with Crippen molar-refractivity contribution in [1.82, 2.24) is 0 Å². The molecular formula is C17H14N2O3. The number of nitrogens with one attached hydrogen (secondary N) is 2. The van der Waals surface area contributed by atoms with Crippen molar-refractivity contribution in [3.05, 3.63) is 65.7 Å². The van der Waals surface area contributed by atoms with Crippen LogP contribution in [-0.4, -0.2) is 12.9 Å². The fourth-order valence-electron chi connectivity index (χ4n) is 2.73. The highest BCUT2D eigenvalue weighted by Crippen LogP contribution is 2.41. The number of ketones is 1. The van der Waals surface area contributed by atoms with Crippen molar-refractivity contribution in [3.8, 4) is 5.75 Å². The summed E-state index contributed by atoms with van der Waals surface area (Å²) in [5, 5.41) is 6.31. The Kier molecular flexibility index (Phi) is 2.79. The van der Waals surface area contributed by atoms with E-state index in [0.717, 1.165) is 16.9 Å². The summed E-state index contributed by atoms with van der Waals surface area (Å²) in [7, 11) is 1.58. The van der Waals surface area contributed by atoms with Gasteiger partial charge in [0.2, 0.25) is 11.7 Å². The molecule has 4 rings (SSSR count). The van der Waals surface area contributed by atoms with E-state index in [-0.39, 0.29) is 5.78 Å². The van der Waals surface area contributed by atoms with Crippen LogP contribution in [0.25, 0.3) is 0 Å². The van der Waals surface area contributed by atoms with Gasteiger partial charge in [0.15, 0.2) is 6.10 Å². The molecule has 2 aromatic carbocycles. The second kappa shape index (κ2) is 4.80. The van der Waals surface area contributed by atoms with Crippen molar-refractivity contribution in [3.63, 3.8) is 0 Å². The van der Waals surface area contributed by atoms with E-state index in [1.165, 1.54) is 0 Å². The monoisotopic (exact) mass is 294 g/mol. The number of carbonyl (C=O) groups is 1. The van der Waals surface area contributed by atoms with Crippen molar-refractivity contribution in [2.75, 3.05) is 17.7 Å². The predicted molar refractivity (Wildman–Crippen MR) is 82.5 cm³/mol. The first-order valence-electron chi connectivity index (χ1n) is 6.99. The third kappa shape index (κ3) is 1.83. The van der Waals surface area contributed by atoms with Gasteiger partial charge in [0, 0.05) is 5.56 Å². The van der Waals surface area contributed by atoms with Gasteiger partial charge < -0.3 is 20.1 Å². The van der Waals surface area contributed by atoms with E-state index in [4.69, 9.17) is 9.47 Å². The van der Waals surface area contributed by atoms with Crippen LogP contribution in [0.2, 0.25) is 0 Å². The zero-order valence-corrected chi connectivity index (χ0v) is 11.9. The van der Waals surface area contributed by atoms with Crippen molar-refractivity contribution < 1.29 is 14.3 Å². The Morgan fingerprint density at radius 3 is 2.45 bits per heavy atom. The minimum atomic E-state index is -0.699. The second-order valence-electron chi connectivity index (χ2n) is 5.10. The number of rotatable bonds is 2. The topological polar surface area (TPSA) is 59.6 Å². The summed E-state index contributed by atoms with van der Waals surface area (Å²) in [4.78, 5) is 12.7. The zero-order chi connectivity index (χ0) is 15.1. The Hall–Kier alpha value is -2.95. The van der Waals surface area contributed by atoms with E-state index < -0.39 is 6.10 Å². The van der Waals surface area contributed by atoms with Gasteiger partial charge in [0.05, 0.1) is 18.5 Å². The lowest BCUT2D eigenvalue weighted by Crippen LogP contribution is -2.18. The molecule has 2 aliphatic rings. The normalized spacial score (nSPS) is 18.8. The molecule has 2 heterocycles. The average molecular weight is 294 g/mol. The number of carbonyl (C=O) groups excluding carboxylic acids is 1. The minimum absolute atomic E-state index is 0.110. The Morgan fingerprint density at radius 1 is 1.00 bits per heavy atom. The smallest absolute Gasteiger partial charge is 0.229 e. The summed E-state index contributed by atoms with van der Waals surface area (Å²) < 4.78 is 11.2. The van der Waals surface area contributed by atoms with Crippen LogP contribution in [0.1, 0.15) is 11.7 Å². The minimum Gasteiger partial charge on any atom is -0.496 e. The molecule has 5 nitrogen and oxygen atoms in total. The lowest BCUT2D eigenvalue weighted by atomic mass is 10.0. The molecule has 110 valence electrons. The van der Waals surface area contributed by atoms with Crippen LogP contribution in [0.5, 0.6) is 5.75 Å². The molecule has 0 bridgehead atoms. The van der Waals surface area contributed by atoms with Gasteiger partial charge in [0.25, 0.3) is 0 Å². The number of fused-ring (bicyclic) bond motifs is 1. The summed E-state index contributed by atoms with van der Waals surface area (Å²) in [5.74, 6) is 0.985. The third-order valence-corrected chi connectivity index (χ3v) is 3.80. The number of anilines is 2. The fourth-order valence-corrected chi connectivity index (χ4v) is 2.73. The fraction of sp³-hybridized carbons (Fsp3) is 0.118.